The highest BCUT2D eigenvalue weighted by atomic mass is 15.3. The highest BCUT2D eigenvalue weighted by Gasteiger charge is 2.63. The van der Waals surface area contributed by atoms with Gasteiger partial charge in [-0.2, -0.15) is 0 Å². The largest absolute Gasteiger partial charge is 0.334 e. The molecule has 2 heteroatoms. The first-order chi connectivity index (χ1) is 32.7. The third-order valence-corrected chi connectivity index (χ3v) is 20.7. The molecule has 8 atom stereocenters. The summed E-state index contributed by atoms with van der Waals surface area (Å²) in [5.74, 6) is 3.19. The van der Waals surface area contributed by atoms with Crippen molar-refractivity contribution in [2.24, 2.45) is 23.7 Å². The van der Waals surface area contributed by atoms with E-state index in [4.69, 9.17) is 0 Å². The van der Waals surface area contributed by atoms with Crippen molar-refractivity contribution in [1.29, 1.82) is 0 Å². The van der Waals surface area contributed by atoms with Crippen LogP contribution >= 0.6 is 0 Å². The molecular weight excluding hydrogens is 809 g/mol. The summed E-state index contributed by atoms with van der Waals surface area (Å²) in [6.45, 7) is 10.6. The molecule has 4 fully saturated rings. The van der Waals surface area contributed by atoms with Crippen molar-refractivity contribution in [3.05, 3.63) is 191 Å². The van der Waals surface area contributed by atoms with Crippen LogP contribution in [0.2, 0.25) is 0 Å². The molecule has 2 aliphatic heterocycles. The average Bonchev–Trinajstić information content (AvgIpc) is 3.85. The third-order valence-electron chi connectivity index (χ3n) is 20.7. The molecule has 5 aliphatic carbocycles. The molecule has 14 rings (SSSR count). The number of fused-ring (bicyclic) bond motifs is 13. The van der Waals surface area contributed by atoms with Gasteiger partial charge in [-0.05, 0) is 143 Å². The van der Waals surface area contributed by atoms with E-state index in [0.717, 1.165) is 23.7 Å². The molecule has 0 saturated heterocycles. The van der Waals surface area contributed by atoms with E-state index < -0.39 is 5.41 Å². The lowest BCUT2D eigenvalue weighted by atomic mass is 9.53. The van der Waals surface area contributed by atoms with Crippen LogP contribution in [0.15, 0.2) is 158 Å². The van der Waals surface area contributed by atoms with Crippen LogP contribution in [0.5, 0.6) is 0 Å². The van der Waals surface area contributed by atoms with Crippen molar-refractivity contribution in [1.82, 2.24) is 0 Å². The Morgan fingerprint density at radius 1 is 0.388 bits per heavy atom. The monoisotopic (exact) mass is 875 g/mol. The molecule has 2 heterocycles. The zero-order valence-electron chi connectivity index (χ0n) is 40.2. The first kappa shape index (κ1) is 40.5. The lowest BCUT2D eigenvalue weighted by molar-refractivity contribution is 0.0581. The fourth-order valence-electron chi connectivity index (χ4n) is 17.3. The molecule has 8 unspecified atom stereocenters. The molecule has 0 aromatic heterocycles. The van der Waals surface area contributed by atoms with E-state index in [2.05, 4.69) is 195 Å². The molecule has 67 heavy (non-hydrogen) atoms. The van der Waals surface area contributed by atoms with Crippen molar-refractivity contribution >= 4 is 33.5 Å². The Bertz CT molecular complexity index is 3070. The van der Waals surface area contributed by atoms with Crippen molar-refractivity contribution < 1.29 is 0 Å². The highest BCUT2D eigenvalue weighted by molar-refractivity contribution is 6.11. The van der Waals surface area contributed by atoms with Crippen molar-refractivity contribution in [2.45, 2.75) is 132 Å². The second kappa shape index (κ2) is 14.2. The van der Waals surface area contributed by atoms with E-state index in [0.29, 0.717) is 0 Å². The number of benzene rings is 7. The SMILES string of the molecule is CC12CC3CCCCC3CC1(C)N(c1ccc3c(c1)C(c1ccccc1)(c1ccccc1)c1cc(N4c5ccccc5C5(C)CC6CCCCC6CC45C)c4ccccc4c1-3)c1ccccc12. The van der Waals surface area contributed by atoms with Gasteiger partial charge in [0.2, 0.25) is 0 Å². The predicted octanol–water partition coefficient (Wildman–Crippen LogP) is 16.7. The number of nitrogens with zero attached hydrogens (tertiary/aromatic N) is 2. The predicted molar refractivity (Wildman–Crippen MR) is 279 cm³/mol. The number of anilines is 4. The Morgan fingerprint density at radius 3 is 1.42 bits per heavy atom. The normalized spacial score (nSPS) is 31.8. The summed E-state index contributed by atoms with van der Waals surface area (Å²) >= 11 is 0. The maximum atomic E-state index is 2.90. The van der Waals surface area contributed by atoms with Crippen LogP contribution in [0.3, 0.4) is 0 Å². The van der Waals surface area contributed by atoms with E-state index in [-0.39, 0.29) is 21.9 Å². The number of para-hydroxylation sites is 2. The zero-order chi connectivity index (χ0) is 44.9. The van der Waals surface area contributed by atoms with Gasteiger partial charge in [0.05, 0.1) is 16.5 Å². The third kappa shape index (κ3) is 5.13. The van der Waals surface area contributed by atoms with Gasteiger partial charge in [0, 0.05) is 39.0 Å². The quantitative estimate of drug-likeness (QED) is 0.174. The van der Waals surface area contributed by atoms with Crippen LogP contribution in [0.1, 0.15) is 138 Å². The average molecular weight is 875 g/mol. The van der Waals surface area contributed by atoms with Gasteiger partial charge in [-0.3, -0.25) is 0 Å². The molecule has 0 amide bonds. The summed E-state index contributed by atoms with van der Waals surface area (Å²) < 4.78 is 0. The van der Waals surface area contributed by atoms with Crippen LogP contribution in [-0.4, -0.2) is 11.1 Å². The van der Waals surface area contributed by atoms with Crippen LogP contribution < -0.4 is 9.80 Å². The standard InChI is InChI=1S/C65H66N2/c1-61-39-43-21-11-13-23-45(43)41-63(61,3)66(57-33-19-17-31-53(57)61)49-35-36-52-55(37-49)65(47-25-7-5-8-26-47,48-27-9-6-10-28-48)56-38-59(50-29-15-16-30-51(50)60(52)56)67-58-34-20-18-32-54(58)62(2)40-44-22-12-14-24-46(44)42-64(62,67)4/h5-10,15-20,25-38,43-46H,11-14,21-24,39-42H2,1-4H3. The highest BCUT2D eigenvalue weighted by Crippen LogP contribution is 2.69. The smallest absolute Gasteiger partial charge is 0.0715 e. The molecule has 0 spiro atoms. The van der Waals surface area contributed by atoms with Crippen LogP contribution in [0.4, 0.5) is 22.7 Å². The maximum absolute atomic E-state index is 2.90. The lowest BCUT2D eigenvalue weighted by Crippen LogP contribution is -2.59. The van der Waals surface area contributed by atoms with E-state index in [1.165, 1.54) is 144 Å². The Kier molecular flexibility index (Phi) is 8.59. The van der Waals surface area contributed by atoms with Crippen LogP contribution in [-0.2, 0) is 16.2 Å². The van der Waals surface area contributed by atoms with Gasteiger partial charge in [0.25, 0.3) is 0 Å². The van der Waals surface area contributed by atoms with Crippen LogP contribution in [0, 0.1) is 23.7 Å². The van der Waals surface area contributed by atoms with Gasteiger partial charge < -0.3 is 9.80 Å². The number of rotatable bonds is 4. The second-order valence-corrected chi connectivity index (χ2v) is 23.4. The molecule has 7 aliphatic rings. The minimum Gasteiger partial charge on any atom is -0.334 e. The first-order valence-corrected chi connectivity index (χ1v) is 26.3. The molecule has 7 aromatic rings. The van der Waals surface area contributed by atoms with Gasteiger partial charge in [0.1, 0.15) is 0 Å². The molecule has 0 bridgehead atoms. The Balaban J connectivity index is 1.04. The van der Waals surface area contributed by atoms with E-state index >= 15 is 0 Å². The first-order valence-electron chi connectivity index (χ1n) is 26.3. The maximum Gasteiger partial charge on any atom is 0.0715 e. The summed E-state index contributed by atoms with van der Waals surface area (Å²) in [7, 11) is 0. The number of hydrogen-bond donors (Lipinski definition) is 0. The van der Waals surface area contributed by atoms with Crippen molar-refractivity contribution in [3.8, 4) is 11.1 Å². The summed E-state index contributed by atoms with van der Waals surface area (Å²) in [5, 5.41) is 2.72. The van der Waals surface area contributed by atoms with Gasteiger partial charge >= 0.3 is 0 Å². The van der Waals surface area contributed by atoms with Gasteiger partial charge in [0.15, 0.2) is 0 Å². The van der Waals surface area contributed by atoms with Crippen LogP contribution in [0.25, 0.3) is 21.9 Å². The molecular formula is C65H66N2. The molecule has 0 radical (unpaired) electrons. The van der Waals surface area contributed by atoms with Gasteiger partial charge in [-0.15, -0.1) is 0 Å². The summed E-state index contributed by atoms with van der Waals surface area (Å²) in [4.78, 5) is 5.75. The van der Waals surface area contributed by atoms with E-state index in [1.54, 1.807) is 11.1 Å². The van der Waals surface area contributed by atoms with Crippen molar-refractivity contribution in [2.75, 3.05) is 9.80 Å². The van der Waals surface area contributed by atoms with Gasteiger partial charge in [-0.25, -0.2) is 0 Å². The summed E-state index contributed by atoms with van der Waals surface area (Å²) in [5.41, 5.74) is 16.3. The van der Waals surface area contributed by atoms with Crippen molar-refractivity contribution in [3.63, 3.8) is 0 Å². The zero-order valence-corrected chi connectivity index (χ0v) is 40.2. The van der Waals surface area contributed by atoms with Gasteiger partial charge in [-0.1, -0.05) is 193 Å². The molecule has 7 aromatic carbocycles. The Hall–Kier alpha value is -5.60. The topological polar surface area (TPSA) is 6.48 Å². The fourth-order valence-corrected chi connectivity index (χ4v) is 17.3. The fraction of sp³-hybridized carbons (Fsp3) is 0.385. The minimum absolute atomic E-state index is 0.0422. The summed E-state index contributed by atoms with van der Waals surface area (Å²) in [6.07, 6.45) is 16.1. The van der Waals surface area contributed by atoms with E-state index in [9.17, 15) is 0 Å². The van der Waals surface area contributed by atoms with E-state index in [1.807, 2.05) is 0 Å². The molecule has 4 saturated carbocycles. The minimum atomic E-state index is -0.559. The Morgan fingerprint density at radius 2 is 0.851 bits per heavy atom. The number of hydrogen-bond acceptors (Lipinski definition) is 2. The molecule has 2 nitrogen and oxygen atoms in total. The second-order valence-electron chi connectivity index (χ2n) is 23.4. The molecule has 0 N–H and O–H groups in total. The summed E-state index contributed by atoms with van der Waals surface area (Å²) in [6, 6.07) is 62.3. The Labute approximate surface area is 399 Å². The lowest BCUT2D eigenvalue weighted by Gasteiger charge is -2.56. The molecule has 336 valence electrons.